The Labute approximate surface area is 323 Å². The third-order valence-electron chi connectivity index (χ3n) is 11.5. The van der Waals surface area contributed by atoms with Crippen molar-refractivity contribution >= 4 is 24.2 Å². The first-order valence-electron chi connectivity index (χ1n) is 19.1. The summed E-state index contributed by atoms with van der Waals surface area (Å²) in [5.74, 6) is 0.992. The van der Waals surface area contributed by atoms with E-state index in [1.165, 1.54) is 35.4 Å². The molecule has 54 heavy (non-hydrogen) atoms. The fourth-order valence-corrected chi connectivity index (χ4v) is 8.40. The Morgan fingerprint density at radius 1 is 0.722 bits per heavy atom. The van der Waals surface area contributed by atoms with Crippen molar-refractivity contribution in [3.8, 4) is 0 Å². The second-order valence-electron chi connectivity index (χ2n) is 15.4. The van der Waals surface area contributed by atoms with Gasteiger partial charge in [-0.15, -0.1) is 12.4 Å². The van der Waals surface area contributed by atoms with Gasteiger partial charge in [-0.2, -0.15) is 10.2 Å². The molecule has 2 fully saturated rings. The van der Waals surface area contributed by atoms with Crippen molar-refractivity contribution in [2.75, 3.05) is 46.3 Å². The second kappa shape index (κ2) is 17.6. The lowest BCUT2D eigenvalue weighted by Crippen LogP contribution is -2.37. The Bertz CT molecular complexity index is 1900. The van der Waals surface area contributed by atoms with Crippen LogP contribution in [0.5, 0.6) is 0 Å². The number of hydrogen-bond acceptors (Lipinski definition) is 6. The van der Waals surface area contributed by atoms with Gasteiger partial charge >= 0.3 is 0 Å². The standard InChI is InChI=1S/C21H27FN4O.C20H25FN4O.ClH/c1-15-19-8-10-25(21(27)11-17-7-9-24(2)12-17)14-20(19)26(23-15)13-16-3-5-18(22)6-4-16;1-14-18-7-9-24(20(26)10-16-6-8-22-11-16)13-19(18)25(23-14)12-15-2-4-17(21)5-3-15;/h3-6,17H,7-14H2,1-2H3;2-5,16,22H,6-13H2,1H3;1H. The molecule has 0 radical (unpaired) electrons. The summed E-state index contributed by atoms with van der Waals surface area (Å²) in [5, 5.41) is 12.7. The summed E-state index contributed by atoms with van der Waals surface area (Å²) in [6.07, 6.45) is 5.20. The Kier molecular flexibility index (Phi) is 12.9. The normalized spacial score (nSPS) is 19.5. The maximum absolute atomic E-state index is 13.2. The number of rotatable bonds is 8. The van der Waals surface area contributed by atoms with Crippen LogP contribution in [0.1, 0.15) is 70.7 Å². The number of nitrogens with zero attached hydrogens (tertiary/aromatic N) is 7. The number of benzene rings is 2. The molecular formula is C41H53ClF2N8O2. The summed E-state index contributed by atoms with van der Waals surface area (Å²) in [7, 11) is 2.12. The molecule has 2 aromatic heterocycles. The number of hydrogen-bond donors (Lipinski definition) is 1. The van der Waals surface area contributed by atoms with Crippen molar-refractivity contribution in [1.29, 1.82) is 0 Å². The van der Waals surface area contributed by atoms with E-state index in [2.05, 4.69) is 22.4 Å². The first-order chi connectivity index (χ1) is 25.6. The van der Waals surface area contributed by atoms with E-state index in [0.29, 0.717) is 50.9 Å². The molecule has 6 heterocycles. The minimum absolute atomic E-state index is 0. The fraction of sp³-hybridized carbons (Fsp3) is 0.512. The monoisotopic (exact) mass is 762 g/mol. The molecule has 13 heteroatoms. The van der Waals surface area contributed by atoms with Crippen molar-refractivity contribution in [3.63, 3.8) is 0 Å². The molecule has 4 aliphatic rings. The SMILES string of the molecule is Cc1nn(Cc2ccc(F)cc2)c2c1CCN(C(=O)CC1CCN(C)C1)C2.Cc1nn(Cc2ccc(F)cc2)c2c1CCN(C(=O)CC1CCNC1)C2.Cl. The van der Waals surface area contributed by atoms with Crippen LogP contribution in [-0.2, 0) is 48.6 Å². The number of halogens is 3. The van der Waals surface area contributed by atoms with Crippen LogP contribution in [0.4, 0.5) is 8.78 Å². The second-order valence-corrected chi connectivity index (χ2v) is 15.4. The van der Waals surface area contributed by atoms with Gasteiger partial charge in [0.1, 0.15) is 11.6 Å². The number of likely N-dealkylation sites (tertiary alicyclic amines) is 1. The van der Waals surface area contributed by atoms with E-state index in [1.54, 1.807) is 24.3 Å². The lowest BCUT2D eigenvalue weighted by molar-refractivity contribution is -0.133. The highest BCUT2D eigenvalue weighted by Gasteiger charge is 2.30. The van der Waals surface area contributed by atoms with Crippen LogP contribution in [-0.4, -0.2) is 92.4 Å². The lowest BCUT2D eigenvalue weighted by Gasteiger charge is -2.29. The molecule has 1 N–H and O–H groups in total. The number of fused-ring (bicyclic) bond motifs is 2. The van der Waals surface area contributed by atoms with Crippen molar-refractivity contribution < 1.29 is 18.4 Å². The minimum atomic E-state index is -0.231. The first kappa shape index (κ1) is 39.6. The quantitative estimate of drug-likeness (QED) is 0.263. The largest absolute Gasteiger partial charge is 0.336 e. The van der Waals surface area contributed by atoms with Crippen molar-refractivity contribution in [2.24, 2.45) is 11.8 Å². The van der Waals surface area contributed by atoms with Gasteiger partial charge in [-0.1, -0.05) is 24.3 Å². The van der Waals surface area contributed by atoms with E-state index >= 15 is 0 Å². The topological polar surface area (TPSA) is 91.5 Å². The Hall–Kier alpha value is -4.13. The van der Waals surface area contributed by atoms with E-state index in [4.69, 9.17) is 5.10 Å². The van der Waals surface area contributed by atoms with Crippen LogP contribution in [0.15, 0.2) is 48.5 Å². The van der Waals surface area contributed by atoms with Gasteiger partial charge in [0, 0.05) is 32.5 Å². The maximum Gasteiger partial charge on any atom is 0.223 e. The molecule has 0 bridgehead atoms. The Balaban J connectivity index is 0.000000181. The summed E-state index contributed by atoms with van der Waals surface area (Å²) in [6, 6.07) is 13.1. The van der Waals surface area contributed by atoms with Gasteiger partial charge in [0.25, 0.3) is 0 Å². The molecule has 8 rings (SSSR count). The van der Waals surface area contributed by atoms with E-state index in [-0.39, 0.29) is 35.9 Å². The number of nitrogens with one attached hydrogen (secondary N) is 1. The average Bonchev–Trinajstić information content (AvgIpc) is 3.95. The molecule has 2 unspecified atom stereocenters. The van der Waals surface area contributed by atoms with Gasteiger partial charge in [0.15, 0.2) is 0 Å². The molecule has 2 saturated heterocycles. The summed E-state index contributed by atoms with van der Waals surface area (Å²) in [6.45, 7) is 12.1. The number of aromatic nitrogens is 4. The zero-order valence-electron chi connectivity index (χ0n) is 31.7. The molecule has 290 valence electrons. The fourth-order valence-electron chi connectivity index (χ4n) is 8.40. The van der Waals surface area contributed by atoms with Crippen molar-refractivity contribution in [1.82, 2.24) is 39.6 Å². The van der Waals surface area contributed by atoms with Crippen LogP contribution in [0.3, 0.4) is 0 Å². The van der Waals surface area contributed by atoms with E-state index in [1.807, 2.05) is 33.0 Å². The zero-order valence-corrected chi connectivity index (χ0v) is 32.5. The molecule has 0 spiro atoms. The Morgan fingerprint density at radius 3 is 1.63 bits per heavy atom. The van der Waals surface area contributed by atoms with Gasteiger partial charge in [-0.05, 0) is 125 Å². The number of aryl methyl sites for hydroxylation is 2. The molecule has 2 aromatic carbocycles. The van der Waals surface area contributed by atoms with Crippen molar-refractivity contribution in [3.05, 3.63) is 105 Å². The van der Waals surface area contributed by atoms with Gasteiger partial charge in [-0.3, -0.25) is 19.0 Å². The van der Waals surface area contributed by atoms with Crippen LogP contribution >= 0.6 is 12.4 Å². The lowest BCUT2D eigenvalue weighted by atomic mass is 10.0. The summed E-state index contributed by atoms with van der Waals surface area (Å²) in [5.41, 5.74) is 8.87. The third kappa shape index (κ3) is 9.38. The van der Waals surface area contributed by atoms with E-state index < -0.39 is 0 Å². The molecule has 0 aliphatic carbocycles. The predicted octanol–water partition coefficient (Wildman–Crippen LogP) is 5.29. The maximum atomic E-state index is 13.2. The predicted molar refractivity (Wildman–Crippen MR) is 206 cm³/mol. The highest BCUT2D eigenvalue weighted by Crippen LogP contribution is 2.27. The van der Waals surface area contributed by atoms with Crippen LogP contribution < -0.4 is 5.32 Å². The highest BCUT2D eigenvalue weighted by molar-refractivity contribution is 5.85. The third-order valence-corrected chi connectivity index (χ3v) is 11.5. The first-order valence-corrected chi connectivity index (χ1v) is 19.1. The zero-order chi connectivity index (χ0) is 37.1. The van der Waals surface area contributed by atoms with Crippen LogP contribution in [0.25, 0.3) is 0 Å². The molecule has 4 aliphatic heterocycles. The number of carbonyl (C=O) groups is 2. The van der Waals surface area contributed by atoms with Crippen LogP contribution in [0.2, 0.25) is 0 Å². The molecule has 2 amide bonds. The molecule has 4 aromatic rings. The summed E-state index contributed by atoms with van der Waals surface area (Å²) in [4.78, 5) is 31.8. The van der Waals surface area contributed by atoms with Crippen LogP contribution in [0, 0.1) is 37.3 Å². The average molecular weight is 763 g/mol. The number of carbonyl (C=O) groups excluding carboxylic acids is 2. The molecule has 2 atom stereocenters. The van der Waals surface area contributed by atoms with Gasteiger partial charge in [0.2, 0.25) is 11.8 Å². The number of amides is 2. The van der Waals surface area contributed by atoms with Gasteiger partial charge in [-0.25, -0.2) is 8.78 Å². The smallest absolute Gasteiger partial charge is 0.223 e. The molecule has 0 saturated carbocycles. The molecule has 10 nitrogen and oxygen atoms in total. The van der Waals surface area contributed by atoms with Gasteiger partial charge < -0.3 is 20.0 Å². The van der Waals surface area contributed by atoms with Gasteiger partial charge in [0.05, 0.1) is 49.0 Å². The summed E-state index contributed by atoms with van der Waals surface area (Å²) >= 11 is 0. The highest BCUT2D eigenvalue weighted by atomic mass is 35.5. The van der Waals surface area contributed by atoms with E-state index in [0.717, 1.165) is 98.9 Å². The Morgan fingerprint density at radius 2 is 1.20 bits per heavy atom. The molecular weight excluding hydrogens is 710 g/mol. The minimum Gasteiger partial charge on any atom is -0.336 e. The van der Waals surface area contributed by atoms with Crippen molar-refractivity contribution in [2.45, 2.75) is 78.6 Å². The summed E-state index contributed by atoms with van der Waals surface area (Å²) < 4.78 is 30.3. The van der Waals surface area contributed by atoms with E-state index in [9.17, 15) is 18.4 Å².